The summed E-state index contributed by atoms with van der Waals surface area (Å²) in [7, 11) is -3.75. The lowest BCUT2D eigenvalue weighted by atomic mass is 10.2. The minimum atomic E-state index is -3.75. The van der Waals surface area contributed by atoms with E-state index in [1.165, 1.54) is 28.2 Å². The van der Waals surface area contributed by atoms with Crippen LogP contribution in [0.5, 0.6) is 0 Å². The van der Waals surface area contributed by atoms with Crippen molar-refractivity contribution in [1.82, 2.24) is 9.21 Å². The number of piperazine rings is 1. The van der Waals surface area contributed by atoms with Gasteiger partial charge in [0.25, 0.3) is 0 Å². The molecule has 6 nitrogen and oxygen atoms in total. The Hall–Kier alpha value is -2.34. The maximum atomic E-state index is 12.9. The quantitative estimate of drug-likeness (QED) is 0.701. The Bertz CT molecular complexity index is 1010. The van der Waals surface area contributed by atoms with E-state index in [0.717, 1.165) is 10.5 Å². The van der Waals surface area contributed by atoms with Crippen LogP contribution in [0.15, 0.2) is 58.3 Å². The molecule has 0 radical (unpaired) electrons. The molecule has 28 heavy (non-hydrogen) atoms. The first-order valence-electron chi connectivity index (χ1n) is 8.89. The van der Waals surface area contributed by atoms with Gasteiger partial charge in [0, 0.05) is 31.1 Å². The van der Waals surface area contributed by atoms with Gasteiger partial charge < -0.3 is 4.90 Å². The summed E-state index contributed by atoms with van der Waals surface area (Å²) in [5.41, 5.74) is 1.27. The van der Waals surface area contributed by atoms with E-state index in [9.17, 15) is 18.5 Å². The minimum Gasteiger partial charge on any atom is -0.339 e. The number of carbonyl (C=O) groups is 1. The molecule has 0 spiro atoms. The summed E-state index contributed by atoms with van der Waals surface area (Å²) in [5, 5.41) is 9.18. The van der Waals surface area contributed by atoms with Crippen LogP contribution < -0.4 is 0 Å². The molecule has 0 N–H and O–H groups in total. The summed E-state index contributed by atoms with van der Waals surface area (Å²) < 4.78 is 27.1. The van der Waals surface area contributed by atoms with Gasteiger partial charge in [-0.2, -0.15) is 9.57 Å². The minimum absolute atomic E-state index is 0.00252. The summed E-state index contributed by atoms with van der Waals surface area (Å²) in [6, 6.07) is 16.0. The molecule has 0 atom stereocenters. The molecule has 1 aliphatic heterocycles. The van der Waals surface area contributed by atoms with E-state index in [1.54, 1.807) is 17.0 Å². The third-order valence-electron chi connectivity index (χ3n) is 4.66. The Morgan fingerprint density at radius 2 is 1.71 bits per heavy atom. The Kier molecular flexibility index (Phi) is 6.39. The molecule has 0 bridgehead atoms. The fourth-order valence-corrected chi connectivity index (χ4v) is 5.55. The highest BCUT2D eigenvalue weighted by Gasteiger charge is 2.31. The number of amides is 1. The van der Waals surface area contributed by atoms with Crippen molar-refractivity contribution in [1.29, 1.82) is 5.26 Å². The highest BCUT2D eigenvalue weighted by atomic mass is 32.2. The van der Waals surface area contributed by atoms with E-state index >= 15 is 0 Å². The zero-order valence-electron chi connectivity index (χ0n) is 15.5. The van der Waals surface area contributed by atoms with Crippen LogP contribution in [0.1, 0.15) is 11.1 Å². The van der Waals surface area contributed by atoms with Gasteiger partial charge in [0.1, 0.15) is 6.07 Å². The first-order chi connectivity index (χ1) is 13.4. The van der Waals surface area contributed by atoms with Crippen LogP contribution in [0.3, 0.4) is 0 Å². The molecule has 8 heteroatoms. The molecular weight excluding hydrogens is 394 g/mol. The molecule has 1 aliphatic rings. The molecule has 146 valence electrons. The van der Waals surface area contributed by atoms with Crippen molar-refractivity contribution in [2.24, 2.45) is 0 Å². The molecule has 1 fully saturated rings. The number of rotatable bonds is 5. The molecule has 1 amide bonds. The average Bonchev–Trinajstić information content (AvgIpc) is 2.73. The smallest absolute Gasteiger partial charge is 0.244 e. The number of sulfonamides is 1. The first-order valence-corrected chi connectivity index (χ1v) is 11.3. The SMILES string of the molecule is Cc1ccccc1SCC(=O)N1CCN(S(=O)(=O)c2ccccc2C#N)CC1. The molecular formula is C20H21N3O3S2. The van der Waals surface area contributed by atoms with Crippen molar-refractivity contribution >= 4 is 27.7 Å². The van der Waals surface area contributed by atoms with Crippen LogP contribution >= 0.6 is 11.8 Å². The monoisotopic (exact) mass is 415 g/mol. The molecule has 0 aliphatic carbocycles. The number of nitrogens with zero attached hydrogens (tertiary/aromatic N) is 3. The van der Waals surface area contributed by atoms with Crippen molar-refractivity contribution in [3.8, 4) is 6.07 Å². The molecule has 1 saturated heterocycles. The standard InChI is InChI=1S/C20H21N3O3S2/c1-16-6-2-4-8-18(16)27-15-20(24)22-10-12-23(13-11-22)28(25,26)19-9-5-3-7-17(19)14-21/h2-9H,10-13,15H2,1H3. The summed E-state index contributed by atoms with van der Waals surface area (Å²) in [4.78, 5) is 15.3. The van der Waals surface area contributed by atoms with Crippen molar-refractivity contribution < 1.29 is 13.2 Å². The molecule has 0 saturated carbocycles. The number of aryl methyl sites for hydroxylation is 1. The van der Waals surface area contributed by atoms with Crippen molar-refractivity contribution in [3.05, 3.63) is 59.7 Å². The average molecular weight is 416 g/mol. The Labute approximate surface area is 169 Å². The van der Waals surface area contributed by atoms with Crippen LogP contribution in [0.25, 0.3) is 0 Å². The Morgan fingerprint density at radius 1 is 1.07 bits per heavy atom. The lowest BCUT2D eigenvalue weighted by Gasteiger charge is -2.34. The largest absolute Gasteiger partial charge is 0.339 e. The summed E-state index contributed by atoms with van der Waals surface area (Å²) in [5.74, 6) is 0.331. The first kappa shape index (κ1) is 20.4. The van der Waals surface area contributed by atoms with Crippen LogP contribution in [0.4, 0.5) is 0 Å². The predicted octanol–water partition coefficient (Wildman–Crippen LogP) is 2.49. The van der Waals surface area contributed by atoms with Crippen LogP contribution in [0.2, 0.25) is 0 Å². The van der Waals surface area contributed by atoms with Gasteiger partial charge >= 0.3 is 0 Å². The number of benzene rings is 2. The van der Waals surface area contributed by atoms with Gasteiger partial charge in [-0.15, -0.1) is 11.8 Å². The van der Waals surface area contributed by atoms with Crippen molar-refractivity contribution in [2.75, 3.05) is 31.9 Å². The van der Waals surface area contributed by atoms with Crippen molar-refractivity contribution in [3.63, 3.8) is 0 Å². The van der Waals surface area contributed by atoms with Gasteiger partial charge in [-0.1, -0.05) is 30.3 Å². The normalized spacial score (nSPS) is 15.2. The molecule has 2 aromatic carbocycles. The van der Waals surface area contributed by atoms with Gasteiger partial charge in [-0.25, -0.2) is 8.42 Å². The molecule has 0 aromatic heterocycles. The Balaban J connectivity index is 1.60. The highest BCUT2D eigenvalue weighted by molar-refractivity contribution is 8.00. The number of carbonyl (C=O) groups excluding carboxylic acids is 1. The second kappa shape index (κ2) is 8.78. The van der Waals surface area contributed by atoms with Gasteiger partial charge in [0.2, 0.25) is 15.9 Å². The van der Waals surface area contributed by atoms with Crippen LogP contribution in [0, 0.1) is 18.3 Å². The fourth-order valence-electron chi connectivity index (χ4n) is 3.05. The van der Waals surface area contributed by atoms with E-state index in [2.05, 4.69) is 0 Å². The van der Waals surface area contributed by atoms with Gasteiger partial charge in [-0.05, 0) is 30.7 Å². The van der Waals surface area contributed by atoms with E-state index in [-0.39, 0.29) is 29.5 Å². The van der Waals surface area contributed by atoms with E-state index < -0.39 is 10.0 Å². The maximum absolute atomic E-state index is 12.9. The maximum Gasteiger partial charge on any atom is 0.244 e. The lowest BCUT2D eigenvalue weighted by molar-refractivity contribution is -0.129. The van der Waals surface area contributed by atoms with Gasteiger partial charge in [-0.3, -0.25) is 4.79 Å². The Morgan fingerprint density at radius 3 is 2.39 bits per heavy atom. The second-order valence-corrected chi connectivity index (χ2v) is 9.37. The second-order valence-electron chi connectivity index (χ2n) is 6.45. The number of hydrogen-bond acceptors (Lipinski definition) is 5. The van der Waals surface area contributed by atoms with Crippen LogP contribution in [-0.2, 0) is 14.8 Å². The summed E-state index contributed by atoms with van der Waals surface area (Å²) >= 11 is 1.50. The number of hydrogen-bond donors (Lipinski definition) is 0. The van der Waals surface area contributed by atoms with E-state index in [4.69, 9.17) is 0 Å². The van der Waals surface area contributed by atoms with E-state index in [1.807, 2.05) is 37.3 Å². The van der Waals surface area contributed by atoms with E-state index in [0.29, 0.717) is 18.8 Å². The third-order valence-corrected chi connectivity index (χ3v) is 7.78. The zero-order valence-corrected chi connectivity index (χ0v) is 17.2. The molecule has 0 unspecified atom stereocenters. The fraction of sp³-hybridized carbons (Fsp3) is 0.300. The van der Waals surface area contributed by atoms with Crippen molar-refractivity contribution in [2.45, 2.75) is 16.7 Å². The third kappa shape index (κ3) is 4.38. The molecule has 1 heterocycles. The topological polar surface area (TPSA) is 81.5 Å². The number of thioether (sulfide) groups is 1. The van der Waals surface area contributed by atoms with Gasteiger partial charge in [0.05, 0.1) is 16.2 Å². The van der Waals surface area contributed by atoms with Crippen LogP contribution in [-0.4, -0.2) is 55.5 Å². The summed E-state index contributed by atoms with van der Waals surface area (Å²) in [6.07, 6.45) is 0. The number of nitriles is 1. The molecule has 2 aromatic rings. The summed E-state index contributed by atoms with van der Waals surface area (Å²) in [6.45, 7) is 3.16. The predicted molar refractivity (Wildman–Crippen MR) is 108 cm³/mol. The molecule has 3 rings (SSSR count). The zero-order chi connectivity index (χ0) is 20.1. The van der Waals surface area contributed by atoms with Gasteiger partial charge in [0.15, 0.2) is 0 Å². The lowest BCUT2D eigenvalue weighted by Crippen LogP contribution is -2.51. The highest BCUT2D eigenvalue weighted by Crippen LogP contribution is 2.24.